The standard InChI is InChI=1S/C16H21N3O2/c1-3-10-4-5-11(8-10)15-18-16(21-19-15)13-7-6-12(17)9-14(13)20-2/h6-7,9-11H,3-5,8,17H2,1-2H3. The summed E-state index contributed by atoms with van der Waals surface area (Å²) in [6.45, 7) is 2.24. The van der Waals surface area contributed by atoms with Gasteiger partial charge in [-0.05, 0) is 37.3 Å². The van der Waals surface area contributed by atoms with E-state index >= 15 is 0 Å². The van der Waals surface area contributed by atoms with Gasteiger partial charge in [0, 0.05) is 17.7 Å². The highest BCUT2D eigenvalue weighted by Gasteiger charge is 2.28. The van der Waals surface area contributed by atoms with Crippen LogP contribution in [0.1, 0.15) is 44.3 Å². The van der Waals surface area contributed by atoms with Gasteiger partial charge < -0.3 is 15.0 Å². The number of methoxy groups -OCH3 is 1. The normalized spacial score (nSPS) is 21.6. The van der Waals surface area contributed by atoms with E-state index < -0.39 is 0 Å². The van der Waals surface area contributed by atoms with Crippen LogP contribution in [0.4, 0.5) is 5.69 Å². The molecule has 0 amide bonds. The van der Waals surface area contributed by atoms with E-state index in [1.165, 1.54) is 12.8 Å². The van der Waals surface area contributed by atoms with Crippen molar-refractivity contribution in [3.63, 3.8) is 0 Å². The minimum atomic E-state index is 0.423. The Morgan fingerprint density at radius 3 is 2.95 bits per heavy atom. The molecule has 3 rings (SSSR count). The first kappa shape index (κ1) is 13.9. The van der Waals surface area contributed by atoms with Crippen molar-refractivity contribution in [1.82, 2.24) is 10.1 Å². The smallest absolute Gasteiger partial charge is 0.261 e. The molecule has 5 nitrogen and oxygen atoms in total. The number of ether oxygens (including phenoxy) is 1. The average Bonchev–Trinajstić information content (AvgIpc) is 3.15. The molecule has 2 aromatic rings. The minimum absolute atomic E-state index is 0.423. The lowest BCUT2D eigenvalue weighted by Gasteiger charge is -2.06. The zero-order chi connectivity index (χ0) is 14.8. The van der Waals surface area contributed by atoms with Gasteiger partial charge in [0.1, 0.15) is 5.75 Å². The van der Waals surface area contributed by atoms with Crippen LogP contribution in [-0.2, 0) is 0 Å². The fourth-order valence-electron chi connectivity index (χ4n) is 3.07. The third-order valence-electron chi connectivity index (χ3n) is 4.38. The van der Waals surface area contributed by atoms with Gasteiger partial charge in [-0.2, -0.15) is 4.98 Å². The molecule has 1 aliphatic rings. The second-order valence-corrected chi connectivity index (χ2v) is 5.70. The van der Waals surface area contributed by atoms with Crippen LogP contribution in [0.25, 0.3) is 11.5 Å². The summed E-state index contributed by atoms with van der Waals surface area (Å²) in [7, 11) is 1.61. The van der Waals surface area contributed by atoms with Crippen molar-refractivity contribution >= 4 is 5.69 Å². The van der Waals surface area contributed by atoms with Crippen molar-refractivity contribution in [1.29, 1.82) is 0 Å². The fourth-order valence-corrected chi connectivity index (χ4v) is 3.07. The largest absolute Gasteiger partial charge is 0.496 e. The molecule has 2 atom stereocenters. The van der Waals surface area contributed by atoms with Crippen LogP contribution >= 0.6 is 0 Å². The number of benzene rings is 1. The summed E-state index contributed by atoms with van der Waals surface area (Å²) < 4.78 is 10.8. The molecule has 0 spiro atoms. The van der Waals surface area contributed by atoms with Gasteiger partial charge in [0.15, 0.2) is 5.82 Å². The van der Waals surface area contributed by atoms with Crippen molar-refractivity contribution in [2.75, 3.05) is 12.8 Å². The summed E-state index contributed by atoms with van der Waals surface area (Å²) in [5.74, 6) is 3.19. The molecule has 1 saturated carbocycles. The summed E-state index contributed by atoms with van der Waals surface area (Å²) in [4.78, 5) is 4.57. The quantitative estimate of drug-likeness (QED) is 0.869. The van der Waals surface area contributed by atoms with Crippen LogP contribution in [0.2, 0.25) is 0 Å². The van der Waals surface area contributed by atoms with Crippen LogP contribution in [-0.4, -0.2) is 17.3 Å². The third-order valence-corrected chi connectivity index (χ3v) is 4.38. The zero-order valence-corrected chi connectivity index (χ0v) is 12.5. The van der Waals surface area contributed by atoms with Gasteiger partial charge in [0.25, 0.3) is 5.89 Å². The highest BCUT2D eigenvalue weighted by atomic mass is 16.5. The van der Waals surface area contributed by atoms with E-state index in [9.17, 15) is 0 Å². The molecule has 0 radical (unpaired) electrons. The Morgan fingerprint density at radius 2 is 2.24 bits per heavy atom. The molecule has 0 saturated heterocycles. The van der Waals surface area contributed by atoms with E-state index in [1.54, 1.807) is 13.2 Å². The monoisotopic (exact) mass is 287 g/mol. The van der Waals surface area contributed by atoms with E-state index in [1.807, 2.05) is 12.1 Å². The first-order valence-corrected chi connectivity index (χ1v) is 7.48. The van der Waals surface area contributed by atoms with Gasteiger partial charge in [-0.15, -0.1) is 0 Å². The molecule has 1 aliphatic carbocycles. The van der Waals surface area contributed by atoms with Crippen molar-refractivity contribution in [2.45, 2.75) is 38.5 Å². The minimum Gasteiger partial charge on any atom is -0.496 e. The maximum atomic E-state index is 5.77. The fraction of sp³-hybridized carbons (Fsp3) is 0.500. The lowest BCUT2D eigenvalue weighted by atomic mass is 10.0. The summed E-state index contributed by atoms with van der Waals surface area (Å²) >= 11 is 0. The SMILES string of the molecule is CCC1CCC(c2noc(-c3ccc(N)cc3OC)n2)C1. The van der Waals surface area contributed by atoms with Crippen LogP contribution in [0.3, 0.4) is 0 Å². The molecule has 2 N–H and O–H groups in total. The van der Waals surface area contributed by atoms with Gasteiger partial charge in [-0.3, -0.25) is 0 Å². The molecule has 1 aromatic heterocycles. The number of nitrogen functional groups attached to an aromatic ring is 1. The van der Waals surface area contributed by atoms with E-state index in [0.29, 0.717) is 23.2 Å². The maximum absolute atomic E-state index is 5.77. The van der Waals surface area contributed by atoms with Crippen LogP contribution < -0.4 is 10.5 Å². The molecule has 0 bridgehead atoms. The molecular formula is C16H21N3O2. The summed E-state index contributed by atoms with van der Waals surface area (Å²) in [5.41, 5.74) is 7.21. The number of nitrogens with two attached hydrogens (primary N) is 1. The Bertz CT molecular complexity index is 624. The number of nitrogens with zero attached hydrogens (tertiary/aromatic N) is 2. The molecule has 1 heterocycles. The Balaban J connectivity index is 1.85. The summed E-state index contributed by atoms with van der Waals surface area (Å²) in [6.07, 6.45) is 4.80. The molecule has 2 unspecified atom stereocenters. The van der Waals surface area contributed by atoms with E-state index in [4.69, 9.17) is 15.0 Å². The van der Waals surface area contributed by atoms with E-state index in [0.717, 1.165) is 30.1 Å². The Labute approximate surface area is 124 Å². The van der Waals surface area contributed by atoms with Crippen molar-refractivity contribution in [2.24, 2.45) is 5.92 Å². The summed E-state index contributed by atoms with van der Waals surface area (Å²) in [5, 5.41) is 4.17. The molecule has 0 aliphatic heterocycles. The first-order valence-electron chi connectivity index (χ1n) is 7.48. The van der Waals surface area contributed by atoms with Crippen molar-refractivity contribution in [3.8, 4) is 17.2 Å². The maximum Gasteiger partial charge on any atom is 0.261 e. The van der Waals surface area contributed by atoms with Crippen LogP contribution in [0.5, 0.6) is 5.75 Å². The second-order valence-electron chi connectivity index (χ2n) is 5.70. The summed E-state index contributed by atoms with van der Waals surface area (Å²) in [6, 6.07) is 5.43. The number of hydrogen-bond donors (Lipinski definition) is 1. The Kier molecular flexibility index (Phi) is 3.82. The third kappa shape index (κ3) is 2.73. The molecule has 1 fully saturated rings. The molecule has 112 valence electrons. The Morgan fingerprint density at radius 1 is 1.38 bits per heavy atom. The topological polar surface area (TPSA) is 74.2 Å². The van der Waals surface area contributed by atoms with Crippen LogP contribution in [0.15, 0.2) is 22.7 Å². The van der Waals surface area contributed by atoms with Gasteiger partial charge in [0.2, 0.25) is 0 Å². The van der Waals surface area contributed by atoms with Crippen molar-refractivity contribution in [3.05, 3.63) is 24.0 Å². The second kappa shape index (κ2) is 5.76. The van der Waals surface area contributed by atoms with E-state index in [-0.39, 0.29) is 0 Å². The predicted molar refractivity (Wildman–Crippen MR) is 81.1 cm³/mol. The highest BCUT2D eigenvalue weighted by Crippen LogP contribution is 2.39. The van der Waals surface area contributed by atoms with Gasteiger partial charge in [-0.25, -0.2) is 0 Å². The molecular weight excluding hydrogens is 266 g/mol. The lowest BCUT2D eigenvalue weighted by molar-refractivity contribution is 0.399. The van der Waals surface area contributed by atoms with Crippen molar-refractivity contribution < 1.29 is 9.26 Å². The molecule has 5 heteroatoms. The van der Waals surface area contributed by atoms with Crippen LogP contribution in [0, 0.1) is 5.92 Å². The predicted octanol–water partition coefficient (Wildman–Crippen LogP) is 3.62. The molecule has 1 aromatic carbocycles. The van der Waals surface area contributed by atoms with E-state index in [2.05, 4.69) is 17.1 Å². The highest BCUT2D eigenvalue weighted by molar-refractivity contribution is 5.66. The number of anilines is 1. The number of hydrogen-bond acceptors (Lipinski definition) is 5. The lowest BCUT2D eigenvalue weighted by Crippen LogP contribution is -1.97. The van der Waals surface area contributed by atoms with Gasteiger partial charge >= 0.3 is 0 Å². The Hall–Kier alpha value is -2.04. The first-order chi connectivity index (χ1) is 10.2. The number of aromatic nitrogens is 2. The zero-order valence-electron chi connectivity index (χ0n) is 12.5. The van der Waals surface area contributed by atoms with Gasteiger partial charge in [0.05, 0.1) is 12.7 Å². The average molecular weight is 287 g/mol. The molecule has 21 heavy (non-hydrogen) atoms. The van der Waals surface area contributed by atoms with Gasteiger partial charge in [-0.1, -0.05) is 18.5 Å². The number of rotatable bonds is 4.